The van der Waals surface area contributed by atoms with E-state index in [9.17, 15) is 22.8 Å². The van der Waals surface area contributed by atoms with Gasteiger partial charge in [0.2, 0.25) is 0 Å². The predicted octanol–water partition coefficient (Wildman–Crippen LogP) is 5.59. The number of hydrogen-bond acceptors (Lipinski definition) is 4. The van der Waals surface area contributed by atoms with Gasteiger partial charge < -0.3 is 9.47 Å². The molecule has 7 heteroatoms. The molecule has 4 nitrogen and oxygen atoms in total. The van der Waals surface area contributed by atoms with E-state index in [0.29, 0.717) is 18.6 Å². The van der Waals surface area contributed by atoms with Gasteiger partial charge in [-0.15, -0.1) is 0 Å². The molecule has 0 heterocycles. The fraction of sp³-hybridized carbons (Fsp3) is 0.364. The Hall–Kier alpha value is -2.83. The third-order valence-corrected chi connectivity index (χ3v) is 4.34. The molecular formula is C22H23F3O4. The van der Waals surface area contributed by atoms with E-state index in [1.54, 1.807) is 13.0 Å². The minimum Gasteiger partial charge on any atom is -0.459 e. The number of esters is 2. The molecule has 0 spiro atoms. The van der Waals surface area contributed by atoms with Gasteiger partial charge in [0.1, 0.15) is 12.4 Å². The smallest absolute Gasteiger partial charge is 0.339 e. The van der Waals surface area contributed by atoms with Crippen LogP contribution in [0.3, 0.4) is 0 Å². The first-order valence-electron chi connectivity index (χ1n) is 9.44. The average Bonchev–Trinajstić information content (AvgIpc) is 2.69. The molecule has 0 amide bonds. The van der Waals surface area contributed by atoms with Gasteiger partial charge in [0, 0.05) is 11.6 Å². The molecule has 1 atom stereocenters. The number of unbranched alkanes of at least 4 members (excludes halogenated alkanes) is 2. The Morgan fingerprint density at radius 3 is 2.21 bits per heavy atom. The normalized spacial score (nSPS) is 11.8. The molecule has 2 rings (SSSR count). The molecule has 0 bridgehead atoms. The standard InChI is InChI=1S/C22H23F3O4/c1-3-4-5-8-14(2)29-22(27)17-10-7-6-9-16(17)21(26)28-13-15-11-19(24)20(25)12-18(15)23/h6-7,9-12,14H,3-5,8,13H2,1-2H3. The highest BCUT2D eigenvalue weighted by Gasteiger charge is 2.21. The van der Waals surface area contributed by atoms with Crippen molar-refractivity contribution in [3.05, 3.63) is 70.5 Å². The van der Waals surface area contributed by atoms with E-state index in [0.717, 1.165) is 19.3 Å². The summed E-state index contributed by atoms with van der Waals surface area (Å²) in [6, 6.07) is 6.91. The molecule has 1 unspecified atom stereocenters. The molecule has 0 aliphatic rings. The summed E-state index contributed by atoms with van der Waals surface area (Å²) in [4.78, 5) is 24.8. The quantitative estimate of drug-likeness (QED) is 0.308. The lowest BCUT2D eigenvalue weighted by Gasteiger charge is -2.15. The van der Waals surface area contributed by atoms with Crippen molar-refractivity contribution < 1.29 is 32.2 Å². The molecule has 0 aromatic heterocycles. The lowest BCUT2D eigenvalue weighted by molar-refractivity contribution is 0.0305. The minimum atomic E-state index is -1.33. The first-order chi connectivity index (χ1) is 13.8. The van der Waals surface area contributed by atoms with E-state index in [4.69, 9.17) is 9.47 Å². The van der Waals surface area contributed by atoms with Crippen LogP contribution in [0.15, 0.2) is 36.4 Å². The van der Waals surface area contributed by atoms with Crippen molar-refractivity contribution in [1.29, 1.82) is 0 Å². The van der Waals surface area contributed by atoms with Crippen LogP contribution in [0.5, 0.6) is 0 Å². The van der Waals surface area contributed by atoms with Crippen molar-refractivity contribution in [2.75, 3.05) is 0 Å². The molecule has 2 aromatic rings. The van der Waals surface area contributed by atoms with Crippen LogP contribution in [0.1, 0.15) is 65.8 Å². The Balaban J connectivity index is 2.06. The molecule has 0 aliphatic heterocycles. The van der Waals surface area contributed by atoms with Crippen LogP contribution in [0.25, 0.3) is 0 Å². The van der Waals surface area contributed by atoms with Gasteiger partial charge in [-0.05, 0) is 38.0 Å². The number of benzene rings is 2. The summed E-state index contributed by atoms with van der Waals surface area (Å²) in [6.45, 7) is 3.24. The highest BCUT2D eigenvalue weighted by molar-refractivity contribution is 6.03. The zero-order chi connectivity index (χ0) is 21.4. The maximum Gasteiger partial charge on any atom is 0.339 e. The first-order valence-corrected chi connectivity index (χ1v) is 9.44. The number of halogens is 3. The van der Waals surface area contributed by atoms with Gasteiger partial charge in [0.15, 0.2) is 11.6 Å². The molecule has 2 aromatic carbocycles. The zero-order valence-electron chi connectivity index (χ0n) is 16.3. The Morgan fingerprint density at radius 1 is 0.931 bits per heavy atom. The fourth-order valence-corrected chi connectivity index (χ4v) is 2.72. The molecule has 0 N–H and O–H groups in total. The zero-order valence-corrected chi connectivity index (χ0v) is 16.3. The van der Waals surface area contributed by atoms with Crippen molar-refractivity contribution in [2.45, 2.75) is 52.2 Å². The van der Waals surface area contributed by atoms with Gasteiger partial charge in [0.05, 0.1) is 17.2 Å². The number of carbonyl (C=O) groups excluding carboxylic acids is 2. The summed E-state index contributed by atoms with van der Waals surface area (Å²) in [5, 5.41) is 0. The lowest BCUT2D eigenvalue weighted by Crippen LogP contribution is -2.18. The Labute approximate surface area is 167 Å². The van der Waals surface area contributed by atoms with Crippen molar-refractivity contribution in [3.63, 3.8) is 0 Å². The molecule has 0 radical (unpaired) electrons. The largest absolute Gasteiger partial charge is 0.459 e. The van der Waals surface area contributed by atoms with Crippen molar-refractivity contribution in [3.8, 4) is 0 Å². The summed E-state index contributed by atoms with van der Waals surface area (Å²) >= 11 is 0. The summed E-state index contributed by atoms with van der Waals surface area (Å²) in [7, 11) is 0. The van der Waals surface area contributed by atoms with Gasteiger partial charge in [-0.3, -0.25) is 0 Å². The minimum absolute atomic E-state index is 0.0191. The van der Waals surface area contributed by atoms with Crippen molar-refractivity contribution >= 4 is 11.9 Å². The van der Waals surface area contributed by atoms with Crippen molar-refractivity contribution in [2.24, 2.45) is 0 Å². The van der Waals surface area contributed by atoms with E-state index >= 15 is 0 Å². The van der Waals surface area contributed by atoms with Crippen LogP contribution in [0.4, 0.5) is 13.2 Å². The Bertz CT molecular complexity index is 867. The van der Waals surface area contributed by atoms with Crippen LogP contribution in [-0.2, 0) is 16.1 Å². The average molecular weight is 408 g/mol. The van der Waals surface area contributed by atoms with E-state index in [-0.39, 0.29) is 22.8 Å². The second-order valence-corrected chi connectivity index (χ2v) is 6.69. The Morgan fingerprint density at radius 2 is 1.55 bits per heavy atom. The third-order valence-electron chi connectivity index (χ3n) is 4.34. The number of hydrogen-bond donors (Lipinski definition) is 0. The predicted molar refractivity (Wildman–Crippen MR) is 101 cm³/mol. The summed E-state index contributed by atoms with van der Waals surface area (Å²) in [6.07, 6.45) is 3.41. The maximum atomic E-state index is 13.7. The van der Waals surface area contributed by atoms with Crippen LogP contribution < -0.4 is 0 Å². The van der Waals surface area contributed by atoms with Gasteiger partial charge >= 0.3 is 11.9 Å². The first kappa shape index (κ1) is 22.5. The van der Waals surface area contributed by atoms with Gasteiger partial charge in [-0.2, -0.15) is 0 Å². The molecule has 0 aliphatic carbocycles. The SMILES string of the molecule is CCCCCC(C)OC(=O)c1ccccc1C(=O)OCc1cc(F)c(F)cc1F. The fourth-order valence-electron chi connectivity index (χ4n) is 2.72. The molecule has 29 heavy (non-hydrogen) atoms. The molecule has 0 saturated heterocycles. The van der Waals surface area contributed by atoms with Crippen molar-refractivity contribution in [1.82, 2.24) is 0 Å². The van der Waals surface area contributed by atoms with Crippen LogP contribution >= 0.6 is 0 Å². The van der Waals surface area contributed by atoms with Gasteiger partial charge in [-0.25, -0.2) is 22.8 Å². The van der Waals surface area contributed by atoms with Gasteiger partial charge in [-0.1, -0.05) is 31.9 Å². The molecule has 0 fully saturated rings. The van der Waals surface area contributed by atoms with Gasteiger partial charge in [0.25, 0.3) is 0 Å². The summed E-state index contributed by atoms with van der Waals surface area (Å²) < 4.78 is 50.3. The Kier molecular flexibility index (Phi) is 8.24. The molecule has 156 valence electrons. The molecule has 0 saturated carbocycles. The van der Waals surface area contributed by atoms with Crippen LogP contribution in [-0.4, -0.2) is 18.0 Å². The summed E-state index contributed by atoms with van der Waals surface area (Å²) in [5.74, 6) is -5.19. The second-order valence-electron chi connectivity index (χ2n) is 6.69. The number of carbonyl (C=O) groups is 2. The maximum absolute atomic E-state index is 13.7. The van der Waals surface area contributed by atoms with E-state index in [1.165, 1.54) is 18.2 Å². The number of rotatable bonds is 9. The van der Waals surface area contributed by atoms with Crippen LogP contribution in [0.2, 0.25) is 0 Å². The van der Waals surface area contributed by atoms with E-state index in [2.05, 4.69) is 6.92 Å². The monoisotopic (exact) mass is 408 g/mol. The number of ether oxygens (including phenoxy) is 2. The highest BCUT2D eigenvalue weighted by atomic mass is 19.2. The second kappa shape index (κ2) is 10.6. The highest BCUT2D eigenvalue weighted by Crippen LogP contribution is 2.18. The summed E-state index contributed by atoms with van der Waals surface area (Å²) in [5.41, 5.74) is -0.353. The molecular weight excluding hydrogens is 385 g/mol. The van der Waals surface area contributed by atoms with E-state index < -0.39 is 36.0 Å². The third kappa shape index (κ3) is 6.34. The van der Waals surface area contributed by atoms with E-state index in [1.807, 2.05) is 0 Å². The lowest BCUT2D eigenvalue weighted by atomic mass is 10.1. The van der Waals surface area contributed by atoms with Crippen LogP contribution in [0, 0.1) is 17.5 Å². The topological polar surface area (TPSA) is 52.6 Å².